The Morgan fingerprint density at radius 2 is 1.25 bits per heavy atom. The third-order valence-corrected chi connectivity index (χ3v) is 8.93. The molecule has 1 fully saturated rings. The maximum Gasteiger partial charge on any atom is 0.134 e. The van der Waals surface area contributed by atoms with E-state index in [0.717, 1.165) is 58.3 Å². The highest BCUT2D eigenvalue weighted by atomic mass is 16.5. The second-order valence-electron chi connectivity index (χ2n) is 12.0. The zero-order valence-electron chi connectivity index (χ0n) is 24.4. The van der Waals surface area contributed by atoms with Crippen molar-refractivity contribution in [2.75, 3.05) is 11.5 Å². The van der Waals surface area contributed by atoms with Gasteiger partial charge in [0.1, 0.15) is 23.0 Å². The largest absolute Gasteiger partial charge is 0.457 e. The number of anilines is 2. The van der Waals surface area contributed by atoms with E-state index in [0.29, 0.717) is 11.8 Å². The molecule has 4 nitrogen and oxygen atoms in total. The van der Waals surface area contributed by atoms with Crippen LogP contribution in [0.5, 0.6) is 23.0 Å². The Labute approximate surface area is 239 Å². The van der Waals surface area contributed by atoms with Crippen molar-refractivity contribution in [2.45, 2.75) is 65.2 Å². The highest BCUT2D eigenvalue weighted by Crippen LogP contribution is 2.56. The molecule has 1 aliphatic rings. The molecular formula is C36H42N2O2. The van der Waals surface area contributed by atoms with E-state index < -0.39 is 0 Å². The first-order valence-corrected chi connectivity index (χ1v) is 14.4. The van der Waals surface area contributed by atoms with Gasteiger partial charge in [-0.2, -0.15) is 0 Å². The highest BCUT2D eigenvalue weighted by molar-refractivity contribution is 5.54. The fourth-order valence-corrected chi connectivity index (χ4v) is 6.37. The molecule has 4 aromatic rings. The van der Waals surface area contributed by atoms with E-state index in [4.69, 9.17) is 20.9 Å². The Bertz CT molecular complexity index is 1460. The van der Waals surface area contributed by atoms with Crippen molar-refractivity contribution in [2.24, 2.45) is 11.8 Å². The van der Waals surface area contributed by atoms with Crippen LogP contribution in [0.4, 0.5) is 11.4 Å². The first kappa shape index (κ1) is 27.6. The van der Waals surface area contributed by atoms with Crippen LogP contribution >= 0.6 is 0 Å². The number of para-hydroxylation sites is 2. The van der Waals surface area contributed by atoms with Crippen molar-refractivity contribution in [3.8, 4) is 23.0 Å². The molecule has 0 radical (unpaired) electrons. The molecule has 0 spiro atoms. The summed E-state index contributed by atoms with van der Waals surface area (Å²) >= 11 is 0. The first-order valence-electron chi connectivity index (χ1n) is 14.4. The van der Waals surface area contributed by atoms with Crippen molar-refractivity contribution < 1.29 is 9.47 Å². The molecule has 3 atom stereocenters. The smallest absolute Gasteiger partial charge is 0.134 e. The van der Waals surface area contributed by atoms with Gasteiger partial charge in [0, 0.05) is 22.4 Å². The number of nitrogens with two attached hydrogens (primary N) is 2. The van der Waals surface area contributed by atoms with Gasteiger partial charge in [-0.25, -0.2) is 0 Å². The molecule has 4 heteroatoms. The number of nitrogen functional groups attached to an aromatic ring is 2. The van der Waals surface area contributed by atoms with E-state index in [1.165, 1.54) is 17.5 Å². The van der Waals surface area contributed by atoms with Gasteiger partial charge in [-0.15, -0.1) is 0 Å². The van der Waals surface area contributed by atoms with E-state index in [1.54, 1.807) is 0 Å². The molecule has 40 heavy (non-hydrogen) atoms. The van der Waals surface area contributed by atoms with Gasteiger partial charge in [-0.3, -0.25) is 0 Å². The Hall–Kier alpha value is -3.92. The summed E-state index contributed by atoms with van der Waals surface area (Å²) in [5.74, 6) is 4.97. The Morgan fingerprint density at radius 3 is 1.82 bits per heavy atom. The Kier molecular flexibility index (Phi) is 7.80. The van der Waals surface area contributed by atoms with E-state index in [-0.39, 0.29) is 11.3 Å². The number of benzene rings is 4. The zero-order chi connectivity index (χ0) is 28.4. The molecule has 1 aliphatic carbocycles. The minimum atomic E-state index is -0.159. The van der Waals surface area contributed by atoms with Crippen molar-refractivity contribution >= 4 is 11.4 Å². The molecule has 0 aliphatic heterocycles. The topological polar surface area (TPSA) is 70.5 Å². The van der Waals surface area contributed by atoms with Crippen molar-refractivity contribution in [1.29, 1.82) is 0 Å². The summed E-state index contributed by atoms with van der Waals surface area (Å²) in [5, 5.41) is 0. The van der Waals surface area contributed by atoms with Gasteiger partial charge in [0.05, 0.1) is 0 Å². The Morgan fingerprint density at radius 1 is 0.725 bits per heavy atom. The standard InChI is InChI=1S/C36H42N2O2/c1-23(2)26-20-21-36(5,32-11-7-9-25(4)35(32)40-30-18-14-28(38)15-19-30)33(22-26)31-10-6-8-24(3)34(31)39-29-16-12-27(37)13-17-29/h6-19,23,26,33H,20-22,37-38H2,1-5H3. The van der Waals surface area contributed by atoms with Gasteiger partial charge in [0.25, 0.3) is 0 Å². The molecular weight excluding hydrogens is 492 g/mol. The molecule has 1 saturated carbocycles. The molecule has 0 bridgehead atoms. The number of aryl methyl sites for hydroxylation is 2. The zero-order valence-corrected chi connectivity index (χ0v) is 24.4. The maximum absolute atomic E-state index is 6.64. The summed E-state index contributed by atoms with van der Waals surface area (Å²) < 4.78 is 13.3. The molecule has 0 aromatic heterocycles. The lowest BCUT2D eigenvalue weighted by atomic mass is 9.57. The molecule has 3 unspecified atom stereocenters. The lowest BCUT2D eigenvalue weighted by Gasteiger charge is -2.47. The summed E-state index contributed by atoms with van der Waals surface area (Å²) in [7, 11) is 0. The van der Waals surface area contributed by atoms with Crippen molar-refractivity contribution in [3.05, 3.63) is 107 Å². The van der Waals surface area contributed by atoms with Crippen molar-refractivity contribution in [1.82, 2.24) is 0 Å². The van der Waals surface area contributed by atoms with E-state index in [2.05, 4.69) is 71.0 Å². The molecule has 4 N–H and O–H groups in total. The van der Waals surface area contributed by atoms with E-state index >= 15 is 0 Å². The summed E-state index contributed by atoms with van der Waals surface area (Å²) in [6.45, 7) is 11.4. The maximum atomic E-state index is 6.64. The third-order valence-electron chi connectivity index (χ3n) is 8.93. The van der Waals surface area contributed by atoms with Crippen LogP contribution in [0.3, 0.4) is 0 Å². The number of hydrogen-bond acceptors (Lipinski definition) is 4. The van der Waals surface area contributed by atoms with Crippen molar-refractivity contribution in [3.63, 3.8) is 0 Å². The SMILES string of the molecule is Cc1cccc(C2CC(C(C)C)CCC2(C)c2cccc(C)c2Oc2ccc(N)cc2)c1Oc1ccc(N)cc1. The lowest BCUT2D eigenvalue weighted by Crippen LogP contribution is -2.38. The molecule has 208 valence electrons. The van der Waals surface area contributed by atoms with E-state index in [1.807, 2.05) is 48.5 Å². The van der Waals surface area contributed by atoms with Crippen LogP contribution in [-0.2, 0) is 5.41 Å². The monoisotopic (exact) mass is 534 g/mol. The molecule has 0 amide bonds. The fraction of sp³-hybridized carbons (Fsp3) is 0.333. The quantitative estimate of drug-likeness (QED) is 0.232. The van der Waals surface area contributed by atoms with Crippen LogP contribution in [0.1, 0.15) is 68.2 Å². The summed E-state index contributed by atoms with van der Waals surface area (Å²) in [5.41, 5.74) is 18.0. The fourth-order valence-electron chi connectivity index (χ4n) is 6.37. The average Bonchev–Trinajstić information content (AvgIpc) is 2.93. The first-order chi connectivity index (χ1) is 19.2. The predicted octanol–water partition coefficient (Wildman–Crippen LogP) is 9.55. The second kappa shape index (κ2) is 11.3. The summed E-state index contributed by atoms with van der Waals surface area (Å²) in [6, 6.07) is 28.5. The highest BCUT2D eigenvalue weighted by Gasteiger charge is 2.45. The number of hydrogen-bond donors (Lipinski definition) is 2. The third kappa shape index (κ3) is 5.54. The number of rotatable bonds is 7. The summed E-state index contributed by atoms with van der Waals surface area (Å²) in [6.07, 6.45) is 3.34. The van der Waals surface area contributed by atoms with Crippen LogP contribution in [0.15, 0.2) is 84.9 Å². The van der Waals surface area contributed by atoms with Crippen LogP contribution < -0.4 is 20.9 Å². The van der Waals surface area contributed by atoms with Gasteiger partial charge in [0.15, 0.2) is 0 Å². The lowest BCUT2D eigenvalue weighted by molar-refractivity contribution is 0.168. The minimum absolute atomic E-state index is 0.159. The van der Waals surface area contributed by atoms with Crippen LogP contribution in [-0.4, -0.2) is 0 Å². The molecule has 4 aromatic carbocycles. The predicted molar refractivity (Wildman–Crippen MR) is 166 cm³/mol. The molecule has 5 rings (SSSR count). The van der Waals surface area contributed by atoms with Crippen LogP contribution in [0, 0.1) is 25.7 Å². The number of ether oxygens (including phenoxy) is 2. The van der Waals surface area contributed by atoms with Gasteiger partial charge in [-0.1, -0.05) is 57.2 Å². The molecule has 0 saturated heterocycles. The second-order valence-corrected chi connectivity index (χ2v) is 12.0. The minimum Gasteiger partial charge on any atom is -0.457 e. The van der Waals surface area contributed by atoms with Crippen LogP contribution in [0.25, 0.3) is 0 Å². The summed E-state index contributed by atoms with van der Waals surface area (Å²) in [4.78, 5) is 0. The normalized spacial score (nSPS) is 20.9. The molecule has 0 heterocycles. The van der Waals surface area contributed by atoms with Gasteiger partial charge in [0.2, 0.25) is 0 Å². The van der Waals surface area contributed by atoms with Gasteiger partial charge >= 0.3 is 0 Å². The van der Waals surface area contributed by atoms with Gasteiger partial charge < -0.3 is 20.9 Å². The van der Waals surface area contributed by atoms with Gasteiger partial charge in [-0.05, 0) is 116 Å². The van der Waals surface area contributed by atoms with Crippen LogP contribution in [0.2, 0.25) is 0 Å². The average molecular weight is 535 g/mol. The Balaban J connectivity index is 1.63. The van der Waals surface area contributed by atoms with E-state index in [9.17, 15) is 0 Å².